The van der Waals surface area contributed by atoms with Gasteiger partial charge in [-0.1, -0.05) is 60.2 Å². The highest BCUT2D eigenvalue weighted by Crippen LogP contribution is 2.34. The second-order valence-electron chi connectivity index (χ2n) is 6.63. The van der Waals surface area contributed by atoms with Crippen molar-refractivity contribution in [2.45, 2.75) is 13.5 Å². The van der Waals surface area contributed by atoms with Crippen molar-refractivity contribution >= 4 is 34.3 Å². The van der Waals surface area contributed by atoms with Crippen LogP contribution in [0.2, 0.25) is 0 Å². The second kappa shape index (κ2) is 10.2. The lowest BCUT2D eigenvalue weighted by molar-refractivity contribution is 0.0474. The molecule has 0 unspecified atom stereocenters. The topological polar surface area (TPSA) is 61.8 Å². The molecule has 0 amide bonds. The fraction of sp³-hybridized carbons (Fsp3) is 0.167. The monoisotopic (exact) mass is 516 g/mol. The predicted molar refractivity (Wildman–Crippen MR) is 122 cm³/mol. The Morgan fingerprint density at radius 1 is 0.933 bits per heavy atom. The Kier molecular flexibility index (Phi) is 7.46. The van der Waals surface area contributed by atoms with E-state index in [-0.39, 0.29) is 12.4 Å². The van der Waals surface area contributed by atoms with Crippen molar-refractivity contribution in [1.29, 1.82) is 0 Å². The highest BCUT2D eigenvalue weighted by Gasteiger charge is 2.18. The number of esters is 1. The van der Waals surface area contributed by atoms with Crippen molar-refractivity contribution < 1.29 is 23.8 Å². The third kappa shape index (κ3) is 5.60. The zero-order chi connectivity index (χ0) is 21.5. The summed E-state index contributed by atoms with van der Waals surface area (Å²) in [5.41, 5.74) is 3.00. The van der Waals surface area contributed by atoms with Crippen LogP contribution in [0.15, 0.2) is 66.7 Å². The number of Topliss-reactive ketones (excluding diaryl/α,β-unsaturated/α-hetero) is 1. The molecule has 30 heavy (non-hydrogen) atoms. The van der Waals surface area contributed by atoms with Gasteiger partial charge in [-0.05, 0) is 47.2 Å². The van der Waals surface area contributed by atoms with Crippen molar-refractivity contribution in [3.8, 4) is 11.5 Å². The van der Waals surface area contributed by atoms with Gasteiger partial charge in [-0.25, -0.2) is 4.79 Å². The number of carbonyl (C=O) groups is 2. The first-order valence-corrected chi connectivity index (χ1v) is 10.4. The number of methoxy groups -OCH3 is 1. The quantitative estimate of drug-likeness (QED) is 0.233. The van der Waals surface area contributed by atoms with E-state index in [0.29, 0.717) is 32.8 Å². The van der Waals surface area contributed by atoms with E-state index in [0.717, 1.165) is 5.56 Å². The van der Waals surface area contributed by atoms with Crippen LogP contribution >= 0.6 is 22.6 Å². The fourth-order valence-corrected chi connectivity index (χ4v) is 3.50. The standard InChI is InChI=1S/C24H21IO5/c1-16-8-10-17(11-9-16)14-29-23-20(25)12-19(13-22(23)28-2)24(27)30-15-21(26)18-6-4-3-5-7-18/h3-13H,14-15H2,1-2H3. The van der Waals surface area contributed by atoms with Crippen LogP contribution in [0, 0.1) is 10.5 Å². The summed E-state index contributed by atoms with van der Waals surface area (Å²) in [5, 5.41) is 0. The minimum atomic E-state index is -0.597. The predicted octanol–water partition coefficient (Wildman–Crippen LogP) is 5.23. The second-order valence-corrected chi connectivity index (χ2v) is 7.79. The minimum absolute atomic E-state index is 0.260. The van der Waals surface area contributed by atoms with Gasteiger partial charge in [0, 0.05) is 5.56 Å². The molecule has 0 fully saturated rings. The summed E-state index contributed by atoms with van der Waals surface area (Å²) in [4.78, 5) is 24.6. The summed E-state index contributed by atoms with van der Waals surface area (Å²) in [5.74, 6) is 0.121. The molecule has 6 heteroatoms. The number of ketones is 1. The van der Waals surface area contributed by atoms with E-state index in [4.69, 9.17) is 14.2 Å². The maximum Gasteiger partial charge on any atom is 0.338 e. The molecule has 0 heterocycles. The summed E-state index contributed by atoms with van der Waals surface area (Å²) in [6.45, 7) is 2.08. The van der Waals surface area contributed by atoms with Crippen LogP contribution in [0.1, 0.15) is 31.8 Å². The van der Waals surface area contributed by atoms with Crippen LogP contribution in [0.5, 0.6) is 11.5 Å². The minimum Gasteiger partial charge on any atom is -0.493 e. The molecule has 0 atom stereocenters. The molecule has 3 aromatic carbocycles. The Hall–Kier alpha value is -2.87. The Morgan fingerprint density at radius 2 is 1.63 bits per heavy atom. The average molecular weight is 516 g/mol. The van der Waals surface area contributed by atoms with E-state index in [1.54, 1.807) is 36.4 Å². The van der Waals surface area contributed by atoms with E-state index in [9.17, 15) is 9.59 Å². The molecule has 0 N–H and O–H groups in total. The van der Waals surface area contributed by atoms with Crippen molar-refractivity contribution in [3.05, 3.63) is 92.6 Å². The van der Waals surface area contributed by atoms with E-state index < -0.39 is 5.97 Å². The van der Waals surface area contributed by atoms with Crippen molar-refractivity contribution in [2.24, 2.45) is 0 Å². The Morgan fingerprint density at radius 3 is 2.30 bits per heavy atom. The molecule has 3 rings (SSSR count). The Bertz CT molecular complexity index is 1030. The normalized spacial score (nSPS) is 10.4. The van der Waals surface area contributed by atoms with E-state index >= 15 is 0 Å². The molecule has 154 valence electrons. The van der Waals surface area contributed by atoms with Crippen LogP contribution in [0.3, 0.4) is 0 Å². The number of rotatable bonds is 8. The molecule has 0 aromatic heterocycles. The lowest BCUT2D eigenvalue weighted by Crippen LogP contribution is -2.14. The van der Waals surface area contributed by atoms with Crippen molar-refractivity contribution in [2.75, 3.05) is 13.7 Å². The first-order valence-electron chi connectivity index (χ1n) is 9.29. The van der Waals surface area contributed by atoms with Crippen LogP contribution in [-0.2, 0) is 11.3 Å². The van der Waals surface area contributed by atoms with Crippen LogP contribution < -0.4 is 9.47 Å². The van der Waals surface area contributed by atoms with Gasteiger partial charge in [0.2, 0.25) is 0 Å². The molecule has 0 aliphatic heterocycles. The smallest absolute Gasteiger partial charge is 0.338 e. The van der Waals surface area contributed by atoms with E-state index in [1.807, 2.05) is 37.3 Å². The van der Waals surface area contributed by atoms with Gasteiger partial charge < -0.3 is 14.2 Å². The number of aryl methyl sites for hydroxylation is 1. The van der Waals surface area contributed by atoms with Crippen LogP contribution in [0.25, 0.3) is 0 Å². The highest BCUT2D eigenvalue weighted by atomic mass is 127. The van der Waals surface area contributed by atoms with Crippen LogP contribution in [-0.4, -0.2) is 25.5 Å². The molecular formula is C24H21IO5. The van der Waals surface area contributed by atoms with Gasteiger partial charge in [0.15, 0.2) is 23.9 Å². The molecule has 0 aliphatic rings. The molecule has 3 aromatic rings. The Balaban J connectivity index is 1.68. The van der Waals surface area contributed by atoms with Crippen molar-refractivity contribution in [1.82, 2.24) is 0 Å². The number of hydrogen-bond acceptors (Lipinski definition) is 5. The third-order valence-corrected chi connectivity index (χ3v) is 5.20. The highest BCUT2D eigenvalue weighted by molar-refractivity contribution is 14.1. The molecular weight excluding hydrogens is 495 g/mol. The van der Waals surface area contributed by atoms with Gasteiger partial charge in [0.05, 0.1) is 16.2 Å². The number of halogens is 1. The number of carbonyl (C=O) groups excluding carboxylic acids is 2. The van der Waals surface area contributed by atoms with Gasteiger partial charge in [-0.2, -0.15) is 0 Å². The maximum absolute atomic E-state index is 12.4. The van der Waals surface area contributed by atoms with Gasteiger partial charge in [0.1, 0.15) is 6.61 Å². The third-order valence-electron chi connectivity index (χ3n) is 4.40. The summed E-state index contributed by atoms with van der Waals surface area (Å²) in [6.07, 6.45) is 0. The summed E-state index contributed by atoms with van der Waals surface area (Å²) < 4.78 is 17.3. The summed E-state index contributed by atoms with van der Waals surface area (Å²) >= 11 is 2.09. The first-order chi connectivity index (χ1) is 14.5. The Labute approximate surface area is 189 Å². The first kappa shape index (κ1) is 21.8. The molecule has 0 spiro atoms. The van der Waals surface area contributed by atoms with Crippen molar-refractivity contribution in [3.63, 3.8) is 0 Å². The SMILES string of the molecule is COc1cc(C(=O)OCC(=O)c2ccccc2)cc(I)c1OCc1ccc(C)cc1. The van der Waals surface area contributed by atoms with Gasteiger partial charge in [-0.15, -0.1) is 0 Å². The summed E-state index contributed by atoms with van der Waals surface area (Å²) in [7, 11) is 1.51. The average Bonchev–Trinajstić information content (AvgIpc) is 2.77. The fourth-order valence-electron chi connectivity index (χ4n) is 2.74. The lowest BCUT2D eigenvalue weighted by Gasteiger charge is -2.14. The molecule has 0 radical (unpaired) electrons. The molecule has 0 saturated carbocycles. The maximum atomic E-state index is 12.4. The summed E-state index contributed by atoms with van der Waals surface area (Å²) in [6, 6.07) is 20.0. The largest absolute Gasteiger partial charge is 0.493 e. The molecule has 0 aliphatic carbocycles. The zero-order valence-electron chi connectivity index (χ0n) is 16.7. The van der Waals surface area contributed by atoms with Gasteiger partial charge in [-0.3, -0.25) is 4.79 Å². The number of ether oxygens (including phenoxy) is 3. The lowest BCUT2D eigenvalue weighted by atomic mass is 10.1. The number of benzene rings is 3. The molecule has 0 bridgehead atoms. The number of hydrogen-bond donors (Lipinski definition) is 0. The van der Waals surface area contributed by atoms with E-state index in [1.165, 1.54) is 12.7 Å². The van der Waals surface area contributed by atoms with Crippen LogP contribution in [0.4, 0.5) is 0 Å². The zero-order valence-corrected chi connectivity index (χ0v) is 18.8. The molecule has 5 nitrogen and oxygen atoms in total. The van der Waals surface area contributed by atoms with Gasteiger partial charge >= 0.3 is 5.97 Å². The van der Waals surface area contributed by atoms with Gasteiger partial charge in [0.25, 0.3) is 0 Å². The molecule has 0 saturated heterocycles. The van der Waals surface area contributed by atoms with E-state index in [2.05, 4.69) is 22.6 Å².